The van der Waals surface area contributed by atoms with Crippen molar-refractivity contribution in [3.63, 3.8) is 0 Å². The molecule has 1 aliphatic rings. The number of rotatable bonds is 5. The summed E-state index contributed by atoms with van der Waals surface area (Å²) in [4.78, 5) is 30.0. The predicted octanol–water partition coefficient (Wildman–Crippen LogP) is 6.05. The minimum atomic E-state index is -0.103. The zero-order valence-corrected chi connectivity index (χ0v) is 20.8. The van der Waals surface area contributed by atoms with Crippen molar-refractivity contribution in [3.8, 4) is 21.8 Å². The molecule has 36 heavy (non-hydrogen) atoms. The summed E-state index contributed by atoms with van der Waals surface area (Å²) in [6.07, 6.45) is 4.43. The van der Waals surface area contributed by atoms with Crippen LogP contribution in [0.25, 0.3) is 32.7 Å². The van der Waals surface area contributed by atoms with Gasteiger partial charge in [-0.1, -0.05) is 37.3 Å². The lowest BCUT2D eigenvalue weighted by molar-refractivity contribution is 0.102. The first-order chi connectivity index (χ1) is 17.7. The van der Waals surface area contributed by atoms with Crippen molar-refractivity contribution in [2.75, 3.05) is 18.4 Å². The van der Waals surface area contributed by atoms with Crippen molar-refractivity contribution >= 4 is 33.8 Å². The Bertz CT molecular complexity index is 1560. The Labute approximate surface area is 213 Å². The Kier molecular flexibility index (Phi) is 6.01. The third-order valence-electron chi connectivity index (χ3n) is 6.63. The van der Waals surface area contributed by atoms with E-state index in [1.807, 2.05) is 72.2 Å². The van der Waals surface area contributed by atoms with Gasteiger partial charge in [-0.2, -0.15) is 0 Å². The first kappa shape index (κ1) is 22.5. The summed E-state index contributed by atoms with van der Waals surface area (Å²) in [5, 5.41) is 7.01. The van der Waals surface area contributed by atoms with E-state index in [0.717, 1.165) is 81.3 Å². The van der Waals surface area contributed by atoms with Crippen molar-refractivity contribution in [2.24, 2.45) is 0 Å². The number of likely N-dealkylation sites (N-methyl/N-ethyl adjacent to an activating group) is 1. The molecule has 6 nitrogen and oxygen atoms in total. The monoisotopic (exact) mass is 491 g/mol. The fourth-order valence-corrected chi connectivity index (χ4v) is 5.57. The summed E-state index contributed by atoms with van der Waals surface area (Å²) in [5.74, 6) is -0.103. The number of anilines is 1. The van der Waals surface area contributed by atoms with E-state index in [-0.39, 0.29) is 5.91 Å². The molecular weight excluding hydrogens is 466 g/mol. The van der Waals surface area contributed by atoms with E-state index in [4.69, 9.17) is 9.97 Å². The number of carbonyl (C=O) groups excluding carboxylic acids is 1. The number of nitrogens with one attached hydrogen (secondary N) is 1. The number of carbonyl (C=O) groups is 1. The van der Waals surface area contributed by atoms with Crippen LogP contribution in [-0.2, 0) is 13.0 Å². The van der Waals surface area contributed by atoms with Gasteiger partial charge in [0.1, 0.15) is 5.01 Å². The molecule has 0 spiro atoms. The van der Waals surface area contributed by atoms with Gasteiger partial charge >= 0.3 is 0 Å². The molecule has 3 aromatic heterocycles. The number of amides is 1. The second kappa shape index (κ2) is 9.60. The highest BCUT2D eigenvalue weighted by atomic mass is 32.1. The molecule has 2 aromatic carbocycles. The molecule has 5 aromatic rings. The van der Waals surface area contributed by atoms with Crippen LogP contribution in [0.1, 0.15) is 28.5 Å². The number of pyridine rings is 2. The number of fused-ring (bicyclic) bond motifs is 2. The van der Waals surface area contributed by atoms with Crippen molar-refractivity contribution in [3.05, 3.63) is 95.3 Å². The van der Waals surface area contributed by atoms with Crippen molar-refractivity contribution in [2.45, 2.75) is 19.9 Å². The molecule has 0 fully saturated rings. The number of nitrogens with zero attached hydrogens (tertiary/aromatic N) is 4. The first-order valence-corrected chi connectivity index (χ1v) is 13.0. The average molecular weight is 492 g/mol. The number of thiazole rings is 1. The Hall–Kier alpha value is -3.94. The molecular formula is C29H25N5OS. The normalized spacial score (nSPS) is 13.5. The fourth-order valence-electron chi connectivity index (χ4n) is 4.75. The average Bonchev–Trinajstić information content (AvgIpc) is 3.42. The van der Waals surface area contributed by atoms with Gasteiger partial charge in [0.2, 0.25) is 0 Å². The zero-order valence-electron chi connectivity index (χ0n) is 19.9. The Balaban J connectivity index is 1.33. The Morgan fingerprint density at radius 2 is 1.94 bits per heavy atom. The molecule has 0 unspecified atom stereocenters. The Morgan fingerprint density at radius 3 is 2.81 bits per heavy atom. The van der Waals surface area contributed by atoms with Crippen molar-refractivity contribution < 1.29 is 4.79 Å². The summed E-state index contributed by atoms with van der Waals surface area (Å²) in [6, 6.07) is 19.7. The largest absolute Gasteiger partial charge is 0.322 e. The maximum Gasteiger partial charge on any atom is 0.256 e. The molecule has 1 aliphatic heterocycles. The van der Waals surface area contributed by atoms with Crippen LogP contribution in [0.5, 0.6) is 0 Å². The minimum Gasteiger partial charge on any atom is -0.322 e. The van der Waals surface area contributed by atoms with Gasteiger partial charge in [0.15, 0.2) is 0 Å². The topological polar surface area (TPSA) is 71.0 Å². The molecule has 6 rings (SSSR count). The summed E-state index contributed by atoms with van der Waals surface area (Å²) in [5.41, 5.74) is 7.23. The summed E-state index contributed by atoms with van der Waals surface area (Å²) in [7, 11) is 0. The summed E-state index contributed by atoms with van der Waals surface area (Å²) < 4.78 is 0. The maximum atomic E-state index is 13.8. The van der Waals surface area contributed by atoms with Crippen molar-refractivity contribution in [1.82, 2.24) is 19.9 Å². The lowest BCUT2D eigenvalue weighted by Gasteiger charge is -2.29. The second-order valence-corrected chi connectivity index (χ2v) is 9.72. The van der Waals surface area contributed by atoms with Crippen molar-refractivity contribution in [1.29, 1.82) is 0 Å². The molecule has 0 atom stereocenters. The van der Waals surface area contributed by atoms with Gasteiger partial charge in [0, 0.05) is 70.7 Å². The highest BCUT2D eigenvalue weighted by Crippen LogP contribution is 2.31. The third kappa shape index (κ3) is 4.27. The SMILES string of the molecule is CCN1CCc2nc3ccccc3c(C(=O)Nc3cccc(-c4csc(-c5cccnc5)n4)c3)c2C1. The van der Waals surface area contributed by atoms with Crippen LogP contribution in [-0.4, -0.2) is 38.8 Å². The molecule has 0 saturated carbocycles. The van der Waals surface area contributed by atoms with Gasteiger partial charge in [-0.15, -0.1) is 11.3 Å². The lowest BCUT2D eigenvalue weighted by atomic mass is 9.95. The quantitative estimate of drug-likeness (QED) is 0.324. The zero-order chi connectivity index (χ0) is 24.5. The third-order valence-corrected chi connectivity index (χ3v) is 7.52. The van der Waals surface area contributed by atoms with Crippen LogP contribution in [0.3, 0.4) is 0 Å². The van der Waals surface area contributed by atoms with Gasteiger partial charge < -0.3 is 5.32 Å². The number of para-hydroxylation sites is 1. The van der Waals surface area contributed by atoms with Crippen LogP contribution in [0.15, 0.2) is 78.4 Å². The van der Waals surface area contributed by atoms with E-state index in [2.05, 4.69) is 22.1 Å². The molecule has 0 saturated heterocycles. The molecule has 0 bridgehead atoms. The standard InChI is InChI=1S/C29H25N5OS/c1-2-34-14-12-25-23(17-34)27(22-10-3-4-11-24(22)32-25)28(35)31-21-9-5-7-19(15-21)26-18-36-29(33-26)20-8-6-13-30-16-20/h3-11,13,15-16,18H,2,12,14,17H2,1H3,(H,31,35). The van der Waals surface area contributed by atoms with E-state index >= 15 is 0 Å². The number of benzene rings is 2. The molecule has 4 heterocycles. The van der Waals surface area contributed by atoms with E-state index in [1.54, 1.807) is 17.5 Å². The number of hydrogen-bond donors (Lipinski definition) is 1. The van der Waals surface area contributed by atoms with Crippen LogP contribution in [0, 0.1) is 0 Å². The van der Waals surface area contributed by atoms with E-state index in [9.17, 15) is 4.79 Å². The van der Waals surface area contributed by atoms with Gasteiger partial charge in [0.25, 0.3) is 5.91 Å². The van der Waals surface area contributed by atoms with Gasteiger partial charge in [-0.25, -0.2) is 4.98 Å². The van der Waals surface area contributed by atoms with Gasteiger partial charge in [-0.3, -0.25) is 19.7 Å². The first-order valence-electron chi connectivity index (χ1n) is 12.1. The molecule has 0 aliphatic carbocycles. The molecule has 0 radical (unpaired) electrons. The van der Waals surface area contributed by atoms with Crippen LogP contribution >= 0.6 is 11.3 Å². The van der Waals surface area contributed by atoms with E-state index < -0.39 is 0 Å². The molecule has 1 N–H and O–H groups in total. The maximum absolute atomic E-state index is 13.8. The number of hydrogen-bond acceptors (Lipinski definition) is 6. The second-order valence-electron chi connectivity index (χ2n) is 8.86. The smallest absolute Gasteiger partial charge is 0.256 e. The number of aromatic nitrogens is 3. The highest BCUT2D eigenvalue weighted by Gasteiger charge is 2.25. The molecule has 1 amide bonds. The summed E-state index contributed by atoms with van der Waals surface area (Å²) in [6.45, 7) is 4.81. The van der Waals surface area contributed by atoms with E-state index in [1.165, 1.54) is 0 Å². The molecule has 178 valence electrons. The lowest BCUT2D eigenvalue weighted by Crippen LogP contribution is -2.33. The summed E-state index contributed by atoms with van der Waals surface area (Å²) >= 11 is 1.58. The Morgan fingerprint density at radius 1 is 1.06 bits per heavy atom. The van der Waals surface area contributed by atoms with Crippen LogP contribution in [0.4, 0.5) is 5.69 Å². The predicted molar refractivity (Wildman–Crippen MR) is 145 cm³/mol. The van der Waals surface area contributed by atoms with Gasteiger partial charge in [-0.05, 0) is 36.9 Å². The van der Waals surface area contributed by atoms with Gasteiger partial charge in [0.05, 0.1) is 16.8 Å². The molecule has 7 heteroatoms. The fraction of sp³-hybridized carbons (Fsp3) is 0.172. The van der Waals surface area contributed by atoms with E-state index in [0.29, 0.717) is 0 Å². The highest BCUT2D eigenvalue weighted by molar-refractivity contribution is 7.13. The minimum absolute atomic E-state index is 0.103. The van der Waals surface area contributed by atoms with Crippen LogP contribution < -0.4 is 5.32 Å². The van der Waals surface area contributed by atoms with Crippen LogP contribution in [0.2, 0.25) is 0 Å².